The Kier molecular flexibility index (Phi) is 4.04. The van der Waals surface area contributed by atoms with Crippen molar-refractivity contribution in [2.24, 2.45) is 0 Å². The molecule has 4 heteroatoms. The molecule has 14 heavy (non-hydrogen) atoms. The van der Waals surface area contributed by atoms with Crippen LogP contribution >= 0.6 is 0 Å². The first-order valence-electron chi connectivity index (χ1n) is 4.81. The van der Waals surface area contributed by atoms with E-state index in [9.17, 15) is 4.79 Å². The summed E-state index contributed by atoms with van der Waals surface area (Å²) in [6, 6.07) is 0. The van der Waals surface area contributed by atoms with E-state index in [2.05, 4.69) is 22.2 Å². The number of rotatable bonds is 4. The van der Waals surface area contributed by atoms with Crippen molar-refractivity contribution < 1.29 is 4.79 Å². The quantitative estimate of drug-likeness (QED) is 0.733. The Morgan fingerprint density at radius 3 is 2.79 bits per heavy atom. The number of hydrogen-bond acceptors (Lipinski definition) is 3. The number of amides is 1. The lowest BCUT2D eigenvalue weighted by Crippen LogP contribution is -2.25. The second-order valence-electron chi connectivity index (χ2n) is 3.15. The summed E-state index contributed by atoms with van der Waals surface area (Å²) in [5.74, 6) is -0.147. The average Bonchev–Trinajstić information content (AvgIpc) is 2.19. The Morgan fingerprint density at radius 1 is 1.43 bits per heavy atom. The molecular formula is C10H15N3O. The number of hydrogen-bond donors (Lipinski definition) is 1. The Labute approximate surface area is 83.8 Å². The minimum absolute atomic E-state index is 0.147. The highest BCUT2D eigenvalue weighted by Gasteiger charge is 2.05. The van der Waals surface area contributed by atoms with Gasteiger partial charge < -0.3 is 5.32 Å². The molecule has 0 aliphatic heterocycles. The lowest BCUT2D eigenvalue weighted by Gasteiger charge is -2.02. The van der Waals surface area contributed by atoms with Crippen LogP contribution in [-0.2, 0) is 0 Å². The minimum atomic E-state index is -0.147. The summed E-state index contributed by atoms with van der Waals surface area (Å²) in [5, 5.41) is 2.78. The zero-order valence-electron chi connectivity index (χ0n) is 8.58. The molecule has 0 aromatic carbocycles. The molecule has 0 aliphatic rings. The fourth-order valence-electron chi connectivity index (χ4n) is 0.979. The second-order valence-corrected chi connectivity index (χ2v) is 3.15. The lowest BCUT2D eigenvalue weighted by atomic mass is 10.3. The molecule has 1 aromatic rings. The largest absolute Gasteiger partial charge is 0.351 e. The van der Waals surface area contributed by atoms with Gasteiger partial charge in [0.25, 0.3) is 5.91 Å². The number of nitrogens with one attached hydrogen (secondary N) is 1. The summed E-state index contributed by atoms with van der Waals surface area (Å²) in [5.41, 5.74) is 1.20. The summed E-state index contributed by atoms with van der Waals surface area (Å²) in [6.45, 7) is 4.62. The van der Waals surface area contributed by atoms with Gasteiger partial charge in [0.2, 0.25) is 0 Å². The molecule has 0 spiro atoms. The zero-order chi connectivity index (χ0) is 10.4. The average molecular weight is 193 g/mol. The molecule has 0 radical (unpaired) electrons. The highest BCUT2D eigenvalue weighted by atomic mass is 16.1. The Morgan fingerprint density at radius 2 is 2.21 bits per heavy atom. The molecule has 4 nitrogen and oxygen atoms in total. The van der Waals surface area contributed by atoms with Crippen LogP contribution in [-0.4, -0.2) is 22.4 Å². The number of unbranched alkanes of at least 4 members (excludes halogenated alkanes) is 1. The maximum absolute atomic E-state index is 11.4. The number of aromatic nitrogens is 2. The molecule has 0 unspecified atom stereocenters. The van der Waals surface area contributed by atoms with Crippen molar-refractivity contribution in [1.82, 2.24) is 15.3 Å². The highest BCUT2D eigenvalue weighted by Crippen LogP contribution is 1.94. The fourth-order valence-corrected chi connectivity index (χ4v) is 0.979. The standard InChI is InChI=1S/C10H15N3O/c1-3-4-5-11-10(14)9-7-12-8(2)6-13-9/h6-7H,3-5H2,1-2H3,(H,11,14). The van der Waals surface area contributed by atoms with Crippen molar-refractivity contribution in [3.05, 3.63) is 23.8 Å². The maximum atomic E-state index is 11.4. The predicted molar refractivity (Wildman–Crippen MR) is 54.0 cm³/mol. The fraction of sp³-hybridized carbons (Fsp3) is 0.500. The highest BCUT2D eigenvalue weighted by molar-refractivity contribution is 5.91. The van der Waals surface area contributed by atoms with E-state index in [-0.39, 0.29) is 5.91 Å². The molecule has 0 saturated carbocycles. The van der Waals surface area contributed by atoms with Gasteiger partial charge in [0, 0.05) is 12.7 Å². The third-order valence-corrected chi connectivity index (χ3v) is 1.83. The van der Waals surface area contributed by atoms with Gasteiger partial charge in [0.05, 0.1) is 11.9 Å². The molecule has 0 aliphatic carbocycles. The van der Waals surface area contributed by atoms with Crippen molar-refractivity contribution in [3.63, 3.8) is 0 Å². The number of carbonyl (C=O) groups is 1. The first-order chi connectivity index (χ1) is 6.74. The molecule has 0 fully saturated rings. The molecule has 1 heterocycles. The Bertz CT molecular complexity index is 295. The van der Waals surface area contributed by atoms with Gasteiger partial charge in [0.1, 0.15) is 5.69 Å². The molecular weight excluding hydrogens is 178 g/mol. The topological polar surface area (TPSA) is 54.9 Å². The maximum Gasteiger partial charge on any atom is 0.271 e. The van der Waals surface area contributed by atoms with Gasteiger partial charge in [0.15, 0.2) is 0 Å². The summed E-state index contributed by atoms with van der Waals surface area (Å²) < 4.78 is 0. The Balaban J connectivity index is 2.48. The van der Waals surface area contributed by atoms with Crippen LogP contribution in [0.15, 0.2) is 12.4 Å². The first-order valence-corrected chi connectivity index (χ1v) is 4.81. The SMILES string of the molecule is CCCCNC(=O)c1cnc(C)cn1. The monoisotopic (exact) mass is 193 g/mol. The van der Waals surface area contributed by atoms with E-state index in [1.165, 1.54) is 6.20 Å². The summed E-state index contributed by atoms with van der Waals surface area (Å²) in [6.07, 6.45) is 5.15. The van der Waals surface area contributed by atoms with Gasteiger partial charge in [-0.2, -0.15) is 0 Å². The normalized spacial score (nSPS) is 9.86. The molecule has 1 aromatic heterocycles. The summed E-state index contributed by atoms with van der Waals surface area (Å²) in [7, 11) is 0. The van der Waals surface area contributed by atoms with E-state index in [1.54, 1.807) is 6.20 Å². The van der Waals surface area contributed by atoms with Gasteiger partial charge >= 0.3 is 0 Å². The van der Waals surface area contributed by atoms with Gasteiger partial charge in [-0.25, -0.2) is 4.98 Å². The van der Waals surface area contributed by atoms with Crippen LogP contribution in [0, 0.1) is 6.92 Å². The van der Waals surface area contributed by atoms with E-state index in [0.29, 0.717) is 12.2 Å². The number of nitrogens with zero attached hydrogens (tertiary/aromatic N) is 2. The molecule has 0 bridgehead atoms. The van der Waals surface area contributed by atoms with Crippen LogP contribution in [0.25, 0.3) is 0 Å². The molecule has 1 rings (SSSR count). The second kappa shape index (κ2) is 5.32. The van der Waals surface area contributed by atoms with Gasteiger partial charge in [-0.3, -0.25) is 9.78 Å². The third kappa shape index (κ3) is 3.12. The van der Waals surface area contributed by atoms with Crippen molar-refractivity contribution in [2.45, 2.75) is 26.7 Å². The number of aryl methyl sites for hydroxylation is 1. The van der Waals surface area contributed by atoms with Gasteiger partial charge in [-0.1, -0.05) is 13.3 Å². The predicted octanol–water partition coefficient (Wildman–Crippen LogP) is 1.31. The van der Waals surface area contributed by atoms with Crippen molar-refractivity contribution in [2.75, 3.05) is 6.54 Å². The van der Waals surface area contributed by atoms with E-state index in [1.807, 2.05) is 6.92 Å². The van der Waals surface area contributed by atoms with Crippen LogP contribution < -0.4 is 5.32 Å². The van der Waals surface area contributed by atoms with E-state index in [0.717, 1.165) is 18.5 Å². The third-order valence-electron chi connectivity index (χ3n) is 1.83. The van der Waals surface area contributed by atoms with Gasteiger partial charge in [-0.15, -0.1) is 0 Å². The lowest BCUT2D eigenvalue weighted by molar-refractivity contribution is 0.0948. The zero-order valence-corrected chi connectivity index (χ0v) is 8.58. The number of carbonyl (C=O) groups excluding carboxylic acids is 1. The van der Waals surface area contributed by atoms with Gasteiger partial charge in [-0.05, 0) is 13.3 Å². The van der Waals surface area contributed by atoms with Crippen molar-refractivity contribution in [3.8, 4) is 0 Å². The van der Waals surface area contributed by atoms with E-state index in [4.69, 9.17) is 0 Å². The van der Waals surface area contributed by atoms with Crippen molar-refractivity contribution >= 4 is 5.91 Å². The van der Waals surface area contributed by atoms with Crippen LogP contribution in [0.4, 0.5) is 0 Å². The summed E-state index contributed by atoms with van der Waals surface area (Å²) >= 11 is 0. The van der Waals surface area contributed by atoms with E-state index < -0.39 is 0 Å². The van der Waals surface area contributed by atoms with Crippen LogP contribution in [0.3, 0.4) is 0 Å². The first kappa shape index (κ1) is 10.6. The van der Waals surface area contributed by atoms with Crippen LogP contribution in [0.1, 0.15) is 35.9 Å². The summed E-state index contributed by atoms with van der Waals surface area (Å²) in [4.78, 5) is 19.4. The minimum Gasteiger partial charge on any atom is -0.351 e. The molecule has 0 saturated heterocycles. The molecule has 0 atom stereocenters. The smallest absolute Gasteiger partial charge is 0.271 e. The Hall–Kier alpha value is -1.45. The van der Waals surface area contributed by atoms with Crippen LogP contribution in [0.2, 0.25) is 0 Å². The molecule has 1 amide bonds. The molecule has 76 valence electrons. The van der Waals surface area contributed by atoms with Crippen molar-refractivity contribution in [1.29, 1.82) is 0 Å². The van der Waals surface area contributed by atoms with Crippen LogP contribution in [0.5, 0.6) is 0 Å². The van der Waals surface area contributed by atoms with E-state index >= 15 is 0 Å². The molecule has 1 N–H and O–H groups in total.